The first kappa shape index (κ1) is 14.9. The molecular weight excluding hydrogens is 252 g/mol. The quantitative estimate of drug-likeness (QED) is 0.873. The molecule has 0 radical (unpaired) electrons. The Hall–Kier alpha value is -1.55. The minimum absolute atomic E-state index is 0.0750. The van der Waals surface area contributed by atoms with Gasteiger partial charge in [0.15, 0.2) is 0 Å². The molecule has 2 rings (SSSR count). The van der Waals surface area contributed by atoms with Crippen molar-refractivity contribution in [2.75, 3.05) is 6.54 Å². The van der Waals surface area contributed by atoms with Gasteiger partial charge in [-0.1, -0.05) is 24.3 Å². The van der Waals surface area contributed by atoms with Crippen LogP contribution >= 0.6 is 0 Å². The zero-order valence-electron chi connectivity index (χ0n) is 12.7. The molecule has 0 aliphatic carbocycles. The van der Waals surface area contributed by atoms with Crippen LogP contribution in [0.25, 0.3) is 0 Å². The highest BCUT2D eigenvalue weighted by molar-refractivity contribution is 5.68. The number of carbonyl (C=O) groups is 1. The highest BCUT2D eigenvalue weighted by Crippen LogP contribution is 2.26. The smallest absolute Gasteiger partial charge is 0.407 e. The van der Waals surface area contributed by atoms with Gasteiger partial charge in [0.2, 0.25) is 0 Å². The van der Waals surface area contributed by atoms with Gasteiger partial charge in [0.25, 0.3) is 0 Å². The molecule has 4 heteroatoms. The summed E-state index contributed by atoms with van der Waals surface area (Å²) in [4.78, 5) is 11.9. The predicted octanol–water partition coefficient (Wildman–Crippen LogP) is 2.92. The Bertz CT molecular complexity index is 480. The zero-order chi connectivity index (χ0) is 14.8. The molecule has 110 valence electrons. The van der Waals surface area contributed by atoms with Crippen LogP contribution in [0.1, 0.15) is 44.4 Å². The van der Waals surface area contributed by atoms with Gasteiger partial charge in [0.1, 0.15) is 5.60 Å². The molecule has 20 heavy (non-hydrogen) atoms. The molecule has 1 saturated heterocycles. The van der Waals surface area contributed by atoms with Gasteiger partial charge in [-0.2, -0.15) is 0 Å². The van der Waals surface area contributed by atoms with Crippen molar-refractivity contribution in [3.05, 3.63) is 35.4 Å². The molecule has 1 aromatic carbocycles. The van der Waals surface area contributed by atoms with E-state index in [1.165, 1.54) is 11.1 Å². The van der Waals surface area contributed by atoms with Crippen LogP contribution in [0.4, 0.5) is 4.79 Å². The third-order valence-electron chi connectivity index (χ3n) is 3.45. The SMILES string of the molecule is Cc1ccccc1C1NCC[C@H]1NC(=O)OC(C)(C)C. The van der Waals surface area contributed by atoms with Gasteiger partial charge >= 0.3 is 6.09 Å². The molecule has 0 saturated carbocycles. The fourth-order valence-corrected chi connectivity index (χ4v) is 2.58. The van der Waals surface area contributed by atoms with E-state index in [1.54, 1.807) is 0 Å². The number of hydrogen-bond donors (Lipinski definition) is 2. The highest BCUT2D eigenvalue weighted by Gasteiger charge is 2.31. The van der Waals surface area contributed by atoms with Crippen molar-refractivity contribution in [1.82, 2.24) is 10.6 Å². The van der Waals surface area contributed by atoms with Gasteiger partial charge in [-0.05, 0) is 51.8 Å². The summed E-state index contributed by atoms with van der Waals surface area (Å²) >= 11 is 0. The van der Waals surface area contributed by atoms with Crippen molar-refractivity contribution in [1.29, 1.82) is 0 Å². The standard InChI is InChI=1S/C16H24N2O2/c1-11-7-5-6-8-12(11)14-13(9-10-17-14)18-15(19)20-16(2,3)4/h5-8,13-14,17H,9-10H2,1-4H3,(H,18,19)/t13-,14?/m1/s1. The molecule has 0 aromatic heterocycles. The van der Waals surface area contributed by atoms with Crippen molar-refractivity contribution < 1.29 is 9.53 Å². The van der Waals surface area contributed by atoms with Crippen molar-refractivity contribution in [3.8, 4) is 0 Å². The van der Waals surface area contributed by atoms with Crippen molar-refractivity contribution in [2.24, 2.45) is 0 Å². The van der Waals surface area contributed by atoms with Crippen molar-refractivity contribution in [2.45, 2.75) is 51.8 Å². The second-order valence-corrected chi connectivity index (χ2v) is 6.33. The van der Waals surface area contributed by atoms with Gasteiger partial charge in [0.05, 0.1) is 12.1 Å². The van der Waals surface area contributed by atoms with E-state index < -0.39 is 5.60 Å². The lowest BCUT2D eigenvalue weighted by Gasteiger charge is -2.25. The van der Waals surface area contributed by atoms with Crippen LogP contribution < -0.4 is 10.6 Å². The molecule has 2 N–H and O–H groups in total. The number of hydrogen-bond acceptors (Lipinski definition) is 3. The summed E-state index contributed by atoms with van der Waals surface area (Å²) in [5, 5.41) is 6.45. The molecule has 0 spiro atoms. The second kappa shape index (κ2) is 5.83. The van der Waals surface area contributed by atoms with E-state index >= 15 is 0 Å². The topological polar surface area (TPSA) is 50.4 Å². The Morgan fingerprint density at radius 1 is 1.35 bits per heavy atom. The number of ether oxygens (including phenoxy) is 1. The van der Waals surface area contributed by atoms with Crippen LogP contribution in [0.3, 0.4) is 0 Å². The molecule has 1 aromatic rings. The Morgan fingerprint density at radius 3 is 2.70 bits per heavy atom. The summed E-state index contributed by atoms with van der Waals surface area (Å²) in [5.41, 5.74) is 2.02. The average Bonchev–Trinajstić information content (AvgIpc) is 2.75. The van der Waals surface area contributed by atoms with Crippen LogP contribution in [0.15, 0.2) is 24.3 Å². The summed E-state index contributed by atoms with van der Waals surface area (Å²) in [7, 11) is 0. The third-order valence-corrected chi connectivity index (χ3v) is 3.45. The number of nitrogens with one attached hydrogen (secondary N) is 2. The first-order valence-corrected chi connectivity index (χ1v) is 7.15. The van der Waals surface area contributed by atoms with Crippen molar-refractivity contribution >= 4 is 6.09 Å². The summed E-state index contributed by atoms with van der Waals surface area (Å²) < 4.78 is 5.34. The van der Waals surface area contributed by atoms with E-state index in [0.29, 0.717) is 0 Å². The van der Waals surface area contributed by atoms with Crippen LogP contribution in [0, 0.1) is 6.92 Å². The monoisotopic (exact) mass is 276 g/mol. The number of aryl methyl sites for hydroxylation is 1. The molecule has 1 heterocycles. The minimum Gasteiger partial charge on any atom is -0.444 e. The summed E-state index contributed by atoms with van der Waals surface area (Å²) in [6.45, 7) is 8.62. The van der Waals surface area contributed by atoms with Crippen LogP contribution in [0.5, 0.6) is 0 Å². The lowest BCUT2D eigenvalue weighted by molar-refractivity contribution is 0.0500. The van der Waals surface area contributed by atoms with E-state index in [0.717, 1.165) is 13.0 Å². The molecule has 2 atom stereocenters. The number of rotatable bonds is 2. The molecule has 1 fully saturated rings. The number of carbonyl (C=O) groups excluding carboxylic acids is 1. The van der Waals surface area contributed by atoms with Crippen LogP contribution in [-0.2, 0) is 4.74 Å². The summed E-state index contributed by atoms with van der Waals surface area (Å²) in [6.07, 6.45) is 0.572. The third kappa shape index (κ3) is 3.73. The molecule has 4 nitrogen and oxygen atoms in total. The van der Waals surface area contributed by atoms with E-state index in [1.807, 2.05) is 32.9 Å². The minimum atomic E-state index is -0.464. The first-order valence-electron chi connectivity index (χ1n) is 7.15. The molecule has 0 bridgehead atoms. The molecule has 1 aliphatic heterocycles. The normalized spacial score (nSPS) is 22.6. The number of alkyl carbamates (subject to hydrolysis) is 1. The summed E-state index contributed by atoms with van der Waals surface area (Å²) in [5.74, 6) is 0. The van der Waals surface area contributed by atoms with Gasteiger partial charge in [0, 0.05) is 0 Å². The van der Waals surface area contributed by atoms with Gasteiger partial charge in [-0.15, -0.1) is 0 Å². The summed E-state index contributed by atoms with van der Waals surface area (Å²) in [6, 6.07) is 8.51. The zero-order valence-corrected chi connectivity index (χ0v) is 12.7. The predicted molar refractivity (Wildman–Crippen MR) is 79.7 cm³/mol. The number of amides is 1. The van der Waals surface area contributed by atoms with E-state index in [4.69, 9.17) is 4.74 Å². The van der Waals surface area contributed by atoms with Gasteiger partial charge in [-0.25, -0.2) is 4.79 Å². The Kier molecular flexibility index (Phi) is 4.33. The van der Waals surface area contributed by atoms with Gasteiger partial charge in [-0.3, -0.25) is 0 Å². The van der Waals surface area contributed by atoms with Crippen LogP contribution in [0.2, 0.25) is 0 Å². The maximum Gasteiger partial charge on any atom is 0.407 e. The lowest BCUT2D eigenvalue weighted by atomic mass is 9.97. The molecule has 1 amide bonds. The molecule has 1 unspecified atom stereocenters. The van der Waals surface area contributed by atoms with E-state index in [9.17, 15) is 4.79 Å². The van der Waals surface area contributed by atoms with Crippen molar-refractivity contribution in [3.63, 3.8) is 0 Å². The highest BCUT2D eigenvalue weighted by atomic mass is 16.6. The van der Waals surface area contributed by atoms with E-state index in [-0.39, 0.29) is 18.2 Å². The maximum absolute atomic E-state index is 11.9. The molecular formula is C16H24N2O2. The van der Waals surface area contributed by atoms with E-state index in [2.05, 4.69) is 29.7 Å². The maximum atomic E-state index is 11.9. The van der Waals surface area contributed by atoms with Gasteiger partial charge < -0.3 is 15.4 Å². The largest absolute Gasteiger partial charge is 0.444 e. The average molecular weight is 276 g/mol. The first-order chi connectivity index (χ1) is 9.37. The van der Waals surface area contributed by atoms with Crippen LogP contribution in [-0.4, -0.2) is 24.3 Å². The second-order valence-electron chi connectivity index (χ2n) is 6.33. The Morgan fingerprint density at radius 2 is 2.05 bits per heavy atom. The Balaban J connectivity index is 2.05. The fraction of sp³-hybridized carbons (Fsp3) is 0.562. The lowest BCUT2D eigenvalue weighted by Crippen LogP contribution is -2.41. The molecule has 1 aliphatic rings. The Labute approximate surface area is 120 Å². The fourth-order valence-electron chi connectivity index (χ4n) is 2.58. The number of benzene rings is 1.